The molecule has 2 N–H and O–H groups in total. The second-order valence-electron chi connectivity index (χ2n) is 7.32. The van der Waals surface area contributed by atoms with E-state index in [4.69, 9.17) is 4.74 Å². The Labute approximate surface area is 163 Å². The molecule has 2 aliphatic heterocycles. The van der Waals surface area contributed by atoms with Crippen molar-refractivity contribution >= 4 is 27.5 Å². The van der Waals surface area contributed by atoms with Gasteiger partial charge in [-0.1, -0.05) is 22.0 Å². The quantitative estimate of drug-likeness (QED) is 0.754. The predicted molar refractivity (Wildman–Crippen MR) is 105 cm³/mol. The molecule has 2 saturated heterocycles. The molecular formula is C19H28BrN3O3. The van der Waals surface area contributed by atoms with Crippen LogP contribution >= 0.6 is 15.9 Å². The highest BCUT2D eigenvalue weighted by Crippen LogP contribution is 2.25. The van der Waals surface area contributed by atoms with E-state index >= 15 is 0 Å². The lowest BCUT2D eigenvalue weighted by Gasteiger charge is -2.43. The lowest BCUT2D eigenvalue weighted by atomic mass is 9.90. The standard InChI is InChI=1S/C19H28BrN3O3/c1-15(18(24)21-17-4-2-3-16(20)13-17)23-7-5-19(25,6-8-23)14-22-9-11-26-12-10-22/h2-4,13,15,25H,5-12,14H2,1H3,(H,21,24)/t15-/m0/s1. The summed E-state index contributed by atoms with van der Waals surface area (Å²) in [6.45, 7) is 7.35. The number of benzene rings is 1. The topological polar surface area (TPSA) is 65.0 Å². The van der Waals surface area contributed by atoms with E-state index in [1.165, 1.54) is 0 Å². The number of β-amino-alcohol motifs (C(OH)–C–C–N with tert-alkyl or cyclic N) is 1. The number of nitrogens with one attached hydrogen (secondary N) is 1. The molecule has 1 aromatic carbocycles. The van der Waals surface area contributed by atoms with Crippen molar-refractivity contribution in [3.05, 3.63) is 28.7 Å². The van der Waals surface area contributed by atoms with E-state index in [9.17, 15) is 9.90 Å². The minimum atomic E-state index is -0.658. The fourth-order valence-electron chi connectivity index (χ4n) is 3.64. The lowest BCUT2D eigenvalue weighted by molar-refractivity contribution is -0.123. The molecule has 144 valence electrons. The van der Waals surface area contributed by atoms with Gasteiger partial charge in [-0.3, -0.25) is 14.6 Å². The maximum atomic E-state index is 12.5. The van der Waals surface area contributed by atoms with Crippen LogP contribution in [0.5, 0.6) is 0 Å². The average molecular weight is 426 g/mol. The number of carbonyl (C=O) groups is 1. The monoisotopic (exact) mass is 425 g/mol. The van der Waals surface area contributed by atoms with Gasteiger partial charge in [-0.25, -0.2) is 0 Å². The van der Waals surface area contributed by atoms with Crippen LogP contribution in [0.3, 0.4) is 0 Å². The number of rotatable bonds is 5. The number of morpholine rings is 1. The molecule has 0 aromatic heterocycles. The molecular weight excluding hydrogens is 398 g/mol. The summed E-state index contributed by atoms with van der Waals surface area (Å²) in [5.41, 5.74) is 0.131. The molecule has 7 heteroatoms. The lowest BCUT2D eigenvalue weighted by Crippen LogP contribution is -2.55. The van der Waals surface area contributed by atoms with Crippen LogP contribution in [0.4, 0.5) is 5.69 Å². The van der Waals surface area contributed by atoms with Crippen molar-refractivity contribution < 1.29 is 14.6 Å². The first-order chi connectivity index (χ1) is 12.5. The van der Waals surface area contributed by atoms with Crippen LogP contribution in [0.25, 0.3) is 0 Å². The van der Waals surface area contributed by atoms with E-state index in [0.717, 1.165) is 49.6 Å². The van der Waals surface area contributed by atoms with Gasteiger partial charge in [0.15, 0.2) is 0 Å². The minimum Gasteiger partial charge on any atom is -0.388 e. The van der Waals surface area contributed by atoms with Gasteiger partial charge in [0.05, 0.1) is 24.9 Å². The number of likely N-dealkylation sites (tertiary alicyclic amines) is 1. The molecule has 1 amide bonds. The number of halogens is 1. The third kappa shape index (κ3) is 5.27. The van der Waals surface area contributed by atoms with E-state index < -0.39 is 5.60 Å². The zero-order chi connectivity index (χ0) is 18.6. The van der Waals surface area contributed by atoms with Crippen LogP contribution in [0.2, 0.25) is 0 Å². The number of nitrogens with zero attached hydrogens (tertiary/aromatic N) is 2. The Kier molecular flexibility index (Phi) is 6.69. The first-order valence-electron chi connectivity index (χ1n) is 9.28. The molecule has 26 heavy (non-hydrogen) atoms. The third-order valence-electron chi connectivity index (χ3n) is 5.37. The number of anilines is 1. The molecule has 1 aromatic rings. The molecule has 0 saturated carbocycles. The fourth-order valence-corrected chi connectivity index (χ4v) is 4.04. The largest absolute Gasteiger partial charge is 0.388 e. The first kappa shape index (κ1) is 19.8. The van der Waals surface area contributed by atoms with Crippen molar-refractivity contribution in [1.29, 1.82) is 0 Å². The highest BCUT2D eigenvalue weighted by atomic mass is 79.9. The van der Waals surface area contributed by atoms with Gasteiger partial charge in [-0.2, -0.15) is 0 Å². The SMILES string of the molecule is C[C@@H](C(=O)Nc1cccc(Br)c1)N1CCC(O)(CN2CCOCC2)CC1. The van der Waals surface area contributed by atoms with Gasteiger partial charge in [0.25, 0.3) is 0 Å². The molecule has 0 radical (unpaired) electrons. The first-order valence-corrected chi connectivity index (χ1v) is 10.1. The summed E-state index contributed by atoms with van der Waals surface area (Å²) in [6, 6.07) is 7.38. The Balaban J connectivity index is 1.49. The maximum Gasteiger partial charge on any atom is 0.241 e. The highest BCUT2D eigenvalue weighted by molar-refractivity contribution is 9.10. The summed E-state index contributed by atoms with van der Waals surface area (Å²) in [6.07, 6.45) is 1.39. The molecule has 3 rings (SSSR count). The molecule has 6 nitrogen and oxygen atoms in total. The highest BCUT2D eigenvalue weighted by Gasteiger charge is 2.36. The predicted octanol–water partition coefficient (Wildman–Crippen LogP) is 1.94. The summed E-state index contributed by atoms with van der Waals surface area (Å²) < 4.78 is 6.31. The van der Waals surface area contributed by atoms with Crippen LogP contribution in [0.15, 0.2) is 28.7 Å². The van der Waals surface area contributed by atoms with Crippen LogP contribution < -0.4 is 5.32 Å². The molecule has 1 atom stereocenters. The zero-order valence-electron chi connectivity index (χ0n) is 15.3. The average Bonchev–Trinajstić information content (AvgIpc) is 2.62. The number of piperidine rings is 1. The third-order valence-corrected chi connectivity index (χ3v) is 5.86. The Morgan fingerprint density at radius 3 is 2.65 bits per heavy atom. The number of hydrogen-bond acceptors (Lipinski definition) is 5. The van der Waals surface area contributed by atoms with E-state index in [0.29, 0.717) is 19.4 Å². The van der Waals surface area contributed by atoms with Crippen molar-refractivity contribution in [3.8, 4) is 0 Å². The summed E-state index contributed by atoms with van der Waals surface area (Å²) in [5, 5.41) is 13.9. The Hall–Kier alpha value is -0.990. The van der Waals surface area contributed by atoms with E-state index in [1.807, 2.05) is 31.2 Å². The number of ether oxygens (including phenoxy) is 1. The zero-order valence-corrected chi connectivity index (χ0v) is 16.9. The van der Waals surface area contributed by atoms with Gasteiger partial charge in [0, 0.05) is 42.9 Å². The summed E-state index contributed by atoms with van der Waals surface area (Å²) in [7, 11) is 0. The van der Waals surface area contributed by atoms with E-state index in [2.05, 4.69) is 31.0 Å². The van der Waals surface area contributed by atoms with Gasteiger partial charge in [-0.15, -0.1) is 0 Å². The molecule has 0 bridgehead atoms. The normalized spacial score (nSPS) is 22.7. The van der Waals surface area contributed by atoms with E-state index in [1.54, 1.807) is 0 Å². The number of hydrogen-bond donors (Lipinski definition) is 2. The van der Waals surface area contributed by atoms with Gasteiger partial charge in [0.1, 0.15) is 0 Å². The molecule has 2 heterocycles. The Morgan fingerprint density at radius 1 is 1.31 bits per heavy atom. The maximum absolute atomic E-state index is 12.5. The van der Waals surface area contributed by atoms with Crippen molar-refractivity contribution in [1.82, 2.24) is 9.80 Å². The fraction of sp³-hybridized carbons (Fsp3) is 0.632. The van der Waals surface area contributed by atoms with Crippen molar-refractivity contribution in [2.45, 2.75) is 31.4 Å². The Morgan fingerprint density at radius 2 is 2.00 bits per heavy atom. The minimum absolute atomic E-state index is 0.0123. The number of carbonyl (C=O) groups excluding carboxylic acids is 1. The number of aliphatic hydroxyl groups is 1. The smallest absolute Gasteiger partial charge is 0.241 e. The molecule has 0 spiro atoms. The van der Waals surface area contributed by atoms with Crippen LogP contribution in [0, 0.1) is 0 Å². The Bertz CT molecular complexity index is 614. The molecule has 0 unspecified atom stereocenters. The van der Waals surface area contributed by atoms with Gasteiger partial charge >= 0.3 is 0 Å². The number of amides is 1. The van der Waals surface area contributed by atoms with E-state index in [-0.39, 0.29) is 11.9 Å². The summed E-state index contributed by atoms with van der Waals surface area (Å²) >= 11 is 3.42. The molecule has 2 fully saturated rings. The molecule has 0 aliphatic carbocycles. The second-order valence-corrected chi connectivity index (χ2v) is 8.24. The van der Waals surface area contributed by atoms with Crippen LogP contribution in [0.1, 0.15) is 19.8 Å². The van der Waals surface area contributed by atoms with Crippen molar-refractivity contribution in [2.24, 2.45) is 0 Å². The van der Waals surface area contributed by atoms with Crippen molar-refractivity contribution in [3.63, 3.8) is 0 Å². The van der Waals surface area contributed by atoms with Crippen molar-refractivity contribution in [2.75, 3.05) is 51.3 Å². The molecule has 2 aliphatic rings. The van der Waals surface area contributed by atoms with Gasteiger partial charge < -0.3 is 15.2 Å². The van der Waals surface area contributed by atoms with Gasteiger partial charge in [-0.05, 0) is 38.0 Å². The second kappa shape index (κ2) is 8.80. The van der Waals surface area contributed by atoms with Gasteiger partial charge in [0.2, 0.25) is 5.91 Å². The summed E-state index contributed by atoms with van der Waals surface area (Å²) in [4.78, 5) is 17.0. The van der Waals surface area contributed by atoms with Crippen LogP contribution in [-0.2, 0) is 9.53 Å². The summed E-state index contributed by atoms with van der Waals surface area (Å²) in [5.74, 6) is -0.0123. The van der Waals surface area contributed by atoms with Crippen LogP contribution in [-0.4, -0.2) is 78.4 Å².